The molecular weight excluding hydrogens is 250 g/mol. The van der Waals surface area contributed by atoms with Gasteiger partial charge in [0.05, 0.1) is 18.2 Å². The average Bonchev–Trinajstić information content (AvgIpc) is 3.27. The number of hydrogen-bond donors (Lipinski definition) is 1. The number of ether oxygens (including phenoxy) is 2. The highest BCUT2D eigenvalue weighted by Gasteiger charge is 2.25. The van der Waals surface area contributed by atoms with E-state index in [0.717, 1.165) is 25.1 Å². The van der Waals surface area contributed by atoms with Crippen molar-refractivity contribution in [2.45, 2.75) is 57.8 Å². The van der Waals surface area contributed by atoms with Crippen molar-refractivity contribution in [3.8, 4) is 5.75 Å². The Labute approximate surface area is 122 Å². The Kier molecular flexibility index (Phi) is 5.86. The smallest absolute Gasteiger partial charge is 0.120 e. The van der Waals surface area contributed by atoms with Crippen molar-refractivity contribution in [1.82, 2.24) is 5.32 Å². The van der Waals surface area contributed by atoms with E-state index in [0.29, 0.717) is 6.10 Å². The quantitative estimate of drug-likeness (QED) is 0.746. The lowest BCUT2D eigenvalue weighted by atomic mass is 9.97. The van der Waals surface area contributed by atoms with E-state index in [9.17, 15) is 0 Å². The first-order chi connectivity index (χ1) is 9.78. The van der Waals surface area contributed by atoms with E-state index in [2.05, 4.69) is 37.4 Å². The van der Waals surface area contributed by atoms with Gasteiger partial charge >= 0.3 is 0 Å². The molecule has 0 aliphatic heterocycles. The molecule has 1 N–H and O–H groups in total. The Morgan fingerprint density at radius 3 is 2.70 bits per heavy atom. The van der Waals surface area contributed by atoms with Crippen molar-refractivity contribution >= 4 is 0 Å². The Balaban J connectivity index is 2.13. The van der Waals surface area contributed by atoms with Gasteiger partial charge < -0.3 is 14.8 Å². The standard InChI is InChI=1S/C17H27NO2/c1-4-7-16(19-3)17(18-5-2)13-8-6-9-15(12-13)20-14-10-11-14/h6,8-9,12,14,16-18H,4-5,7,10-11H2,1-3H3. The van der Waals surface area contributed by atoms with Crippen molar-refractivity contribution in [3.05, 3.63) is 29.8 Å². The third kappa shape index (κ3) is 4.22. The third-order valence-electron chi connectivity index (χ3n) is 3.72. The van der Waals surface area contributed by atoms with Gasteiger partial charge in [0.2, 0.25) is 0 Å². The van der Waals surface area contributed by atoms with E-state index in [4.69, 9.17) is 9.47 Å². The first kappa shape index (κ1) is 15.3. The van der Waals surface area contributed by atoms with Crippen LogP contribution >= 0.6 is 0 Å². The fourth-order valence-electron chi connectivity index (χ4n) is 2.55. The molecule has 1 fully saturated rings. The van der Waals surface area contributed by atoms with Crippen molar-refractivity contribution in [2.24, 2.45) is 0 Å². The number of likely N-dealkylation sites (N-methyl/N-ethyl adjacent to an activating group) is 1. The number of hydrogen-bond acceptors (Lipinski definition) is 3. The van der Waals surface area contributed by atoms with E-state index in [1.54, 1.807) is 7.11 Å². The third-order valence-corrected chi connectivity index (χ3v) is 3.72. The van der Waals surface area contributed by atoms with Gasteiger partial charge in [0.25, 0.3) is 0 Å². The second-order valence-electron chi connectivity index (χ2n) is 5.49. The predicted octanol–water partition coefficient (Wildman–Crippen LogP) is 3.69. The number of rotatable bonds is 9. The molecule has 0 heterocycles. The van der Waals surface area contributed by atoms with Crippen molar-refractivity contribution in [2.75, 3.05) is 13.7 Å². The van der Waals surface area contributed by atoms with Crippen LogP contribution in [-0.2, 0) is 4.74 Å². The summed E-state index contributed by atoms with van der Waals surface area (Å²) in [7, 11) is 1.80. The molecule has 3 nitrogen and oxygen atoms in total. The Morgan fingerprint density at radius 1 is 1.30 bits per heavy atom. The van der Waals surface area contributed by atoms with Gasteiger partial charge in [0, 0.05) is 7.11 Å². The van der Waals surface area contributed by atoms with Crippen LogP contribution in [0.2, 0.25) is 0 Å². The summed E-state index contributed by atoms with van der Waals surface area (Å²) in [5, 5.41) is 3.55. The first-order valence-corrected chi connectivity index (χ1v) is 7.81. The van der Waals surface area contributed by atoms with Gasteiger partial charge in [-0.05, 0) is 43.5 Å². The van der Waals surface area contributed by atoms with Crippen LogP contribution in [0.15, 0.2) is 24.3 Å². The van der Waals surface area contributed by atoms with Gasteiger partial charge in [-0.2, -0.15) is 0 Å². The summed E-state index contributed by atoms with van der Waals surface area (Å²) in [5.74, 6) is 0.985. The van der Waals surface area contributed by atoms with Crippen molar-refractivity contribution < 1.29 is 9.47 Å². The molecule has 2 rings (SSSR count). The van der Waals surface area contributed by atoms with Crippen LogP contribution in [0.5, 0.6) is 5.75 Å². The zero-order chi connectivity index (χ0) is 14.4. The number of nitrogens with one attached hydrogen (secondary N) is 1. The lowest BCUT2D eigenvalue weighted by Gasteiger charge is -2.27. The second-order valence-corrected chi connectivity index (χ2v) is 5.49. The summed E-state index contributed by atoms with van der Waals surface area (Å²) >= 11 is 0. The minimum absolute atomic E-state index is 0.205. The normalized spacial score (nSPS) is 17.8. The lowest BCUT2D eigenvalue weighted by molar-refractivity contribution is 0.0610. The molecule has 0 amide bonds. The van der Waals surface area contributed by atoms with Crippen LogP contribution in [0.3, 0.4) is 0 Å². The van der Waals surface area contributed by atoms with Gasteiger partial charge in [-0.1, -0.05) is 32.4 Å². The Bertz CT molecular complexity index is 404. The highest BCUT2D eigenvalue weighted by atomic mass is 16.5. The second kappa shape index (κ2) is 7.65. The monoisotopic (exact) mass is 277 g/mol. The molecule has 1 saturated carbocycles. The fraction of sp³-hybridized carbons (Fsp3) is 0.647. The summed E-state index contributed by atoms with van der Waals surface area (Å²) in [6.45, 7) is 5.26. The molecule has 0 aromatic heterocycles. The van der Waals surface area contributed by atoms with Crippen molar-refractivity contribution in [1.29, 1.82) is 0 Å². The molecule has 20 heavy (non-hydrogen) atoms. The highest BCUT2D eigenvalue weighted by molar-refractivity contribution is 5.31. The maximum absolute atomic E-state index is 5.90. The molecule has 1 aromatic carbocycles. The fourth-order valence-corrected chi connectivity index (χ4v) is 2.55. The largest absolute Gasteiger partial charge is 0.490 e. The minimum atomic E-state index is 0.205. The van der Waals surface area contributed by atoms with E-state index < -0.39 is 0 Å². The van der Waals surface area contributed by atoms with Crippen LogP contribution in [0.1, 0.15) is 51.1 Å². The van der Waals surface area contributed by atoms with Gasteiger partial charge in [0.15, 0.2) is 0 Å². The molecule has 3 heteroatoms. The molecule has 2 atom stereocenters. The van der Waals surface area contributed by atoms with Crippen LogP contribution in [0.25, 0.3) is 0 Å². The average molecular weight is 277 g/mol. The predicted molar refractivity (Wildman–Crippen MR) is 82.2 cm³/mol. The molecule has 0 spiro atoms. The zero-order valence-corrected chi connectivity index (χ0v) is 12.9. The first-order valence-electron chi connectivity index (χ1n) is 7.81. The molecule has 1 aromatic rings. The molecule has 2 unspecified atom stereocenters. The summed E-state index contributed by atoms with van der Waals surface area (Å²) < 4.78 is 11.6. The van der Waals surface area contributed by atoms with E-state index in [-0.39, 0.29) is 12.1 Å². The maximum atomic E-state index is 5.90. The van der Waals surface area contributed by atoms with Gasteiger partial charge in [0.1, 0.15) is 5.75 Å². The highest BCUT2D eigenvalue weighted by Crippen LogP contribution is 2.30. The van der Waals surface area contributed by atoms with Crippen molar-refractivity contribution in [3.63, 3.8) is 0 Å². The molecule has 0 bridgehead atoms. The van der Waals surface area contributed by atoms with Gasteiger partial charge in [-0.25, -0.2) is 0 Å². The summed E-state index contributed by atoms with van der Waals surface area (Å²) in [5.41, 5.74) is 1.25. The molecule has 1 aliphatic carbocycles. The molecular formula is C17H27NO2. The Morgan fingerprint density at radius 2 is 2.10 bits per heavy atom. The molecule has 1 aliphatic rings. The van der Waals surface area contributed by atoms with E-state index in [1.807, 2.05) is 6.07 Å². The summed E-state index contributed by atoms with van der Waals surface area (Å²) in [4.78, 5) is 0. The van der Waals surface area contributed by atoms with Crippen LogP contribution in [0, 0.1) is 0 Å². The lowest BCUT2D eigenvalue weighted by Crippen LogP contribution is -2.33. The molecule has 0 radical (unpaired) electrons. The topological polar surface area (TPSA) is 30.5 Å². The van der Waals surface area contributed by atoms with Crippen LogP contribution < -0.4 is 10.1 Å². The number of methoxy groups -OCH3 is 1. The zero-order valence-electron chi connectivity index (χ0n) is 12.9. The molecule has 112 valence electrons. The Hall–Kier alpha value is -1.06. The van der Waals surface area contributed by atoms with E-state index >= 15 is 0 Å². The van der Waals surface area contributed by atoms with E-state index in [1.165, 1.54) is 18.4 Å². The van der Waals surface area contributed by atoms with Crippen LogP contribution in [-0.4, -0.2) is 25.9 Å². The summed E-state index contributed by atoms with van der Waals surface area (Å²) in [6, 6.07) is 8.68. The van der Waals surface area contributed by atoms with Gasteiger partial charge in [-0.3, -0.25) is 0 Å². The summed E-state index contributed by atoms with van der Waals surface area (Å²) in [6.07, 6.45) is 5.21. The SMILES string of the molecule is CCCC(OC)C(NCC)c1cccc(OC2CC2)c1. The molecule has 0 saturated heterocycles. The van der Waals surface area contributed by atoms with Gasteiger partial charge in [-0.15, -0.1) is 0 Å². The number of benzene rings is 1. The maximum Gasteiger partial charge on any atom is 0.120 e. The minimum Gasteiger partial charge on any atom is -0.490 e. The van der Waals surface area contributed by atoms with Crippen LogP contribution in [0.4, 0.5) is 0 Å².